The molecule has 4 aromatic rings. The summed E-state index contributed by atoms with van der Waals surface area (Å²) in [7, 11) is 3.34. The molecule has 0 aliphatic rings. The highest BCUT2D eigenvalue weighted by Crippen LogP contribution is 2.36. The minimum absolute atomic E-state index is 0.166. The molecule has 1 N–H and O–H groups in total. The zero-order valence-corrected chi connectivity index (χ0v) is 32.2. The summed E-state index contributed by atoms with van der Waals surface area (Å²) < 4.78 is 34.5. The van der Waals surface area contributed by atoms with Crippen LogP contribution < -0.4 is 18.9 Å². The maximum Gasteiger partial charge on any atom is 0.127 e. The molecule has 0 amide bonds. The van der Waals surface area contributed by atoms with Crippen molar-refractivity contribution in [2.24, 2.45) is 0 Å². The molecule has 0 bridgehead atoms. The number of rotatable bonds is 19. The summed E-state index contributed by atoms with van der Waals surface area (Å²) in [6.45, 7) is 18.6. The Morgan fingerprint density at radius 2 is 0.843 bits per heavy atom. The van der Waals surface area contributed by atoms with Gasteiger partial charge in [-0.05, 0) is 98.5 Å². The van der Waals surface area contributed by atoms with Crippen molar-refractivity contribution in [3.63, 3.8) is 0 Å². The fraction of sp³-hybridized carbons (Fsp3) is 0.455. The molecule has 0 saturated heterocycles. The van der Waals surface area contributed by atoms with Crippen molar-refractivity contribution in [2.75, 3.05) is 40.6 Å². The van der Waals surface area contributed by atoms with Crippen molar-refractivity contribution in [3.8, 4) is 23.0 Å². The summed E-state index contributed by atoms with van der Waals surface area (Å²) in [5, 5.41) is 10.9. The number of hydrogen-bond acceptors (Lipinski definition) is 7. The van der Waals surface area contributed by atoms with Crippen LogP contribution in [-0.4, -0.2) is 63.1 Å². The van der Waals surface area contributed by atoms with E-state index >= 15 is 0 Å². The number of aliphatic hydroxyl groups is 1. The van der Waals surface area contributed by atoms with Gasteiger partial charge in [-0.1, -0.05) is 76.2 Å². The fourth-order valence-corrected chi connectivity index (χ4v) is 6.27. The fourth-order valence-electron chi connectivity index (χ4n) is 6.27. The van der Waals surface area contributed by atoms with E-state index in [4.69, 9.17) is 28.4 Å². The van der Waals surface area contributed by atoms with E-state index in [-0.39, 0.29) is 17.4 Å². The van der Waals surface area contributed by atoms with Gasteiger partial charge in [-0.25, -0.2) is 0 Å². The lowest BCUT2D eigenvalue weighted by atomic mass is 9.78. The molecule has 276 valence electrons. The number of ether oxygens (including phenoxy) is 6. The van der Waals surface area contributed by atoms with Gasteiger partial charge >= 0.3 is 0 Å². The first kappa shape index (κ1) is 39.7. The highest BCUT2D eigenvalue weighted by atomic mass is 16.5. The minimum atomic E-state index is -0.703. The van der Waals surface area contributed by atoms with Crippen molar-refractivity contribution in [3.05, 3.63) is 119 Å². The second kappa shape index (κ2) is 17.0. The van der Waals surface area contributed by atoms with Crippen LogP contribution in [0.1, 0.15) is 84.1 Å². The van der Waals surface area contributed by atoms with E-state index in [1.54, 1.807) is 14.2 Å². The molecule has 51 heavy (non-hydrogen) atoms. The number of methoxy groups -OCH3 is 2. The van der Waals surface area contributed by atoms with Gasteiger partial charge in [-0.15, -0.1) is 0 Å². The smallest absolute Gasteiger partial charge is 0.127 e. The maximum absolute atomic E-state index is 10.9. The molecular formula is C44H58O7. The molecule has 1 atom stereocenters. The largest absolute Gasteiger partial charge is 0.491 e. The lowest BCUT2D eigenvalue weighted by Gasteiger charge is -2.30. The maximum atomic E-state index is 10.9. The van der Waals surface area contributed by atoms with Crippen molar-refractivity contribution in [1.29, 1.82) is 0 Å². The lowest BCUT2D eigenvalue weighted by molar-refractivity contribution is 0.0173. The van der Waals surface area contributed by atoms with Gasteiger partial charge in [0.1, 0.15) is 47.4 Å². The molecule has 0 aromatic heterocycles. The summed E-state index contributed by atoms with van der Waals surface area (Å²) in [5.41, 5.74) is 3.27. The van der Waals surface area contributed by atoms with Crippen molar-refractivity contribution in [2.45, 2.75) is 89.9 Å². The van der Waals surface area contributed by atoms with E-state index in [0.29, 0.717) is 32.0 Å². The second-order valence-electron chi connectivity index (χ2n) is 15.5. The molecule has 0 spiro atoms. The van der Waals surface area contributed by atoms with Crippen molar-refractivity contribution >= 4 is 0 Å². The topological polar surface area (TPSA) is 75.6 Å². The van der Waals surface area contributed by atoms with Crippen LogP contribution in [0.2, 0.25) is 0 Å². The van der Waals surface area contributed by atoms with Gasteiger partial charge in [0.2, 0.25) is 0 Å². The van der Waals surface area contributed by atoms with E-state index in [1.165, 1.54) is 16.7 Å². The molecule has 0 heterocycles. The Bertz CT molecular complexity index is 1620. The van der Waals surface area contributed by atoms with Crippen molar-refractivity contribution < 1.29 is 33.5 Å². The zero-order valence-electron chi connectivity index (χ0n) is 32.2. The zero-order chi connectivity index (χ0) is 37.3. The van der Waals surface area contributed by atoms with Crippen LogP contribution >= 0.6 is 0 Å². The summed E-state index contributed by atoms with van der Waals surface area (Å²) in [5.74, 6) is 3.11. The third-order valence-electron chi connectivity index (χ3n) is 9.31. The predicted octanol–water partition coefficient (Wildman–Crippen LogP) is 9.15. The molecule has 7 nitrogen and oxygen atoms in total. The standard InChI is InChI=1S/C44H58O7/c1-41(2,50-39-23-15-34(16-24-39)43(5,6)32-11-19-37(20-12-32)48-28-27-46-9)29-36(45)30-49-38-21-13-33(14-22-38)44(7,8)35-17-25-40(26-18-35)51-42(3,4)31-47-10/h11-26,36,45H,27-31H2,1-10H3. The molecule has 0 saturated carbocycles. The average molecular weight is 699 g/mol. The Morgan fingerprint density at radius 3 is 1.24 bits per heavy atom. The van der Waals surface area contributed by atoms with Crippen LogP contribution in [0.5, 0.6) is 23.0 Å². The summed E-state index contributed by atoms with van der Waals surface area (Å²) in [6, 6.07) is 32.8. The SMILES string of the molecule is COCCOc1ccc(C(C)(C)c2ccc(OC(C)(C)CC(O)COc3ccc(C(C)(C)c4ccc(OC(C)(C)COC)cc4)cc3)cc2)cc1. The van der Waals surface area contributed by atoms with Crippen LogP contribution in [-0.2, 0) is 20.3 Å². The summed E-state index contributed by atoms with van der Waals surface area (Å²) >= 11 is 0. The van der Waals surface area contributed by atoms with E-state index in [1.807, 2.05) is 76.2 Å². The molecule has 4 aromatic carbocycles. The molecule has 7 heteroatoms. The monoisotopic (exact) mass is 698 g/mol. The lowest BCUT2D eigenvalue weighted by Crippen LogP contribution is -2.35. The number of hydrogen-bond donors (Lipinski definition) is 1. The number of benzene rings is 4. The van der Waals surface area contributed by atoms with Gasteiger partial charge < -0.3 is 33.5 Å². The Balaban J connectivity index is 1.28. The Kier molecular flexibility index (Phi) is 13.2. The van der Waals surface area contributed by atoms with Crippen LogP contribution in [0.25, 0.3) is 0 Å². The molecule has 0 radical (unpaired) electrons. The van der Waals surface area contributed by atoms with Gasteiger partial charge in [0.05, 0.1) is 19.3 Å². The average Bonchev–Trinajstić information content (AvgIpc) is 3.08. The highest BCUT2D eigenvalue weighted by molar-refractivity contribution is 5.43. The van der Waals surface area contributed by atoms with Gasteiger partial charge in [0.15, 0.2) is 0 Å². The third kappa shape index (κ3) is 11.2. The van der Waals surface area contributed by atoms with E-state index in [2.05, 4.69) is 76.2 Å². The van der Waals surface area contributed by atoms with Crippen LogP contribution in [0.3, 0.4) is 0 Å². The minimum Gasteiger partial charge on any atom is -0.491 e. The normalized spacial score (nSPS) is 13.1. The Labute approximate surface area is 305 Å². The van der Waals surface area contributed by atoms with Gasteiger partial charge in [0.25, 0.3) is 0 Å². The summed E-state index contributed by atoms with van der Waals surface area (Å²) in [4.78, 5) is 0. The molecule has 1 unspecified atom stereocenters. The molecule has 0 fully saturated rings. The first-order chi connectivity index (χ1) is 24.0. The highest BCUT2D eigenvalue weighted by Gasteiger charge is 2.28. The molecular weight excluding hydrogens is 640 g/mol. The van der Waals surface area contributed by atoms with Crippen LogP contribution in [0.4, 0.5) is 0 Å². The third-order valence-corrected chi connectivity index (χ3v) is 9.31. The summed E-state index contributed by atoms with van der Waals surface area (Å²) in [6.07, 6.45) is -0.294. The first-order valence-corrected chi connectivity index (χ1v) is 17.8. The molecule has 0 aliphatic heterocycles. The molecule has 4 rings (SSSR count). The quantitative estimate of drug-likeness (QED) is 0.0980. The van der Waals surface area contributed by atoms with Crippen LogP contribution in [0, 0.1) is 0 Å². The molecule has 0 aliphatic carbocycles. The van der Waals surface area contributed by atoms with E-state index < -0.39 is 17.3 Å². The Hall–Kier alpha value is -4.04. The first-order valence-electron chi connectivity index (χ1n) is 17.8. The van der Waals surface area contributed by atoms with Gasteiger partial charge in [-0.3, -0.25) is 0 Å². The predicted molar refractivity (Wildman–Crippen MR) is 205 cm³/mol. The Morgan fingerprint density at radius 1 is 0.471 bits per heavy atom. The van der Waals surface area contributed by atoms with E-state index in [0.717, 1.165) is 22.8 Å². The van der Waals surface area contributed by atoms with E-state index in [9.17, 15) is 5.11 Å². The van der Waals surface area contributed by atoms with Gasteiger partial charge in [-0.2, -0.15) is 0 Å². The second-order valence-corrected chi connectivity index (χ2v) is 15.5. The van der Waals surface area contributed by atoms with Gasteiger partial charge in [0, 0.05) is 31.5 Å². The van der Waals surface area contributed by atoms with Crippen LogP contribution in [0.15, 0.2) is 97.1 Å². The van der Waals surface area contributed by atoms with Crippen molar-refractivity contribution in [1.82, 2.24) is 0 Å². The number of aliphatic hydroxyl groups excluding tert-OH is 1.